The van der Waals surface area contributed by atoms with Gasteiger partial charge in [-0.05, 0) is 25.7 Å². The largest absolute Gasteiger partial charge is 0.480 e. The topological polar surface area (TPSA) is 83.9 Å². The summed E-state index contributed by atoms with van der Waals surface area (Å²) in [6.45, 7) is 0.496. The lowest BCUT2D eigenvalue weighted by Gasteiger charge is -2.32. The van der Waals surface area contributed by atoms with E-state index in [-0.39, 0.29) is 6.42 Å². The summed E-state index contributed by atoms with van der Waals surface area (Å²) in [7, 11) is 0. The Morgan fingerprint density at radius 2 is 2.06 bits per heavy atom. The number of hydrogen-bond acceptors (Lipinski definition) is 4. The highest BCUT2D eigenvalue weighted by molar-refractivity contribution is 6.01. The Bertz CT molecular complexity index is 348. The number of likely N-dealkylation sites (tertiary alicyclic amines) is 1. The highest BCUT2D eigenvalue weighted by atomic mass is 16.5. The molecule has 0 aromatic carbocycles. The van der Waals surface area contributed by atoms with E-state index < -0.39 is 29.9 Å². The molecule has 2 atom stereocenters. The zero-order chi connectivity index (χ0) is 12.4. The van der Waals surface area contributed by atoms with Gasteiger partial charge in [0, 0.05) is 13.0 Å². The Labute approximate surface area is 98.5 Å². The van der Waals surface area contributed by atoms with Crippen LogP contribution in [-0.2, 0) is 19.1 Å². The molecule has 17 heavy (non-hydrogen) atoms. The second-order valence-corrected chi connectivity index (χ2v) is 4.35. The molecule has 2 saturated heterocycles. The van der Waals surface area contributed by atoms with E-state index in [4.69, 9.17) is 9.84 Å². The van der Waals surface area contributed by atoms with Crippen molar-refractivity contribution in [3.8, 4) is 0 Å². The molecule has 2 rings (SSSR count). The van der Waals surface area contributed by atoms with E-state index in [1.807, 2.05) is 0 Å². The molecule has 2 heterocycles. The number of aliphatic carboxylic acids is 1. The van der Waals surface area contributed by atoms with Crippen LogP contribution in [-0.4, -0.2) is 46.5 Å². The van der Waals surface area contributed by atoms with Crippen LogP contribution in [0.5, 0.6) is 0 Å². The van der Waals surface area contributed by atoms with Gasteiger partial charge in [0.1, 0.15) is 12.1 Å². The number of carbonyl (C=O) groups excluding carboxylic acids is 2. The lowest BCUT2D eigenvalue weighted by molar-refractivity contribution is -0.164. The van der Waals surface area contributed by atoms with Crippen molar-refractivity contribution < 1.29 is 24.2 Å². The van der Waals surface area contributed by atoms with Gasteiger partial charge in [-0.1, -0.05) is 0 Å². The molecular formula is C11H15NO5. The standard InChI is InChI=1S/C11H15NO5/c13-9-5-1-3-7(11(15)16)12(9)10(14)8-4-2-6-17-8/h7-8H,1-6H2,(H,15,16). The predicted molar refractivity (Wildman–Crippen MR) is 56.1 cm³/mol. The van der Waals surface area contributed by atoms with E-state index in [0.717, 1.165) is 11.3 Å². The van der Waals surface area contributed by atoms with Gasteiger partial charge in [0.15, 0.2) is 0 Å². The molecular weight excluding hydrogens is 226 g/mol. The number of hydrogen-bond donors (Lipinski definition) is 1. The van der Waals surface area contributed by atoms with Crippen LogP contribution in [0.15, 0.2) is 0 Å². The third-order valence-corrected chi connectivity index (χ3v) is 3.18. The summed E-state index contributed by atoms with van der Waals surface area (Å²) in [5, 5.41) is 9.03. The van der Waals surface area contributed by atoms with Crippen molar-refractivity contribution in [2.24, 2.45) is 0 Å². The van der Waals surface area contributed by atoms with Crippen LogP contribution in [0.1, 0.15) is 32.1 Å². The molecule has 0 aromatic rings. The van der Waals surface area contributed by atoms with E-state index in [1.165, 1.54) is 0 Å². The third-order valence-electron chi connectivity index (χ3n) is 3.18. The van der Waals surface area contributed by atoms with Crippen molar-refractivity contribution in [3.63, 3.8) is 0 Å². The van der Waals surface area contributed by atoms with Crippen LogP contribution in [0.4, 0.5) is 0 Å². The first-order valence-corrected chi connectivity index (χ1v) is 5.81. The Morgan fingerprint density at radius 1 is 1.29 bits per heavy atom. The fourth-order valence-corrected chi connectivity index (χ4v) is 2.31. The maximum absolute atomic E-state index is 12.0. The van der Waals surface area contributed by atoms with Gasteiger partial charge >= 0.3 is 5.97 Å². The molecule has 6 nitrogen and oxygen atoms in total. The zero-order valence-corrected chi connectivity index (χ0v) is 9.42. The lowest BCUT2D eigenvalue weighted by atomic mass is 10.0. The summed E-state index contributed by atoms with van der Waals surface area (Å²) in [5.41, 5.74) is 0. The first-order valence-electron chi connectivity index (χ1n) is 5.81. The number of imide groups is 1. The van der Waals surface area contributed by atoms with Gasteiger partial charge in [0.2, 0.25) is 5.91 Å². The summed E-state index contributed by atoms with van der Waals surface area (Å²) < 4.78 is 5.21. The van der Waals surface area contributed by atoms with Gasteiger partial charge in [0.05, 0.1) is 0 Å². The fraction of sp³-hybridized carbons (Fsp3) is 0.727. The minimum absolute atomic E-state index is 0.238. The molecule has 0 bridgehead atoms. The summed E-state index contributed by atoms with van der Waals surface area (Å²) in [6, 6.07) is -1.02. The summed E-state index contributed by atoms with van der Waals surface area (Å²) in [6.07, 6.45) is 1.79. The summed E-state index contributed by atoms with van der Waals surface area (Å²) in [4.78, 5) is 35.7. The number of rotatable bonds is 2. The quantitative estimate of drug-likeness (QED) is 0.696. The molecule has 0 spiro atoms. The number of nitrogens with zero attached hydrogens (tertiary/aromatic N) is 1. The van der Waals surface area contributed by atoms with Gasteiger partial charge in [0.25, 0.3) is 5.91 Å². The first-order chi connectivity index (χ1) is 8.11. The number of ether oxygens (including phenoxy) is 1. The number of carboxylic acid groups (broad SMARTS) is 1. The molecule has 2 unspecified atom stereocenters. The lowest BCUT2D eigenvalue weighted by Crippen LogP contribution is -2.54. The number of carbonyl (C=O) groups is 3. The van der Waals surface area contributed by atoms with Crippen LogP contribution in [0.2, 0.25) is 0 Å². The third kappa shape index (κ3) is 2.31. The molecule has 0 aromatic heterocycles. The van der Waals surface area contributed by atoms with Crippen molar-refractivity contribution in [1.29, 1.82) is 0 Å². The molecule has 0 radical (unpaired) electrons. The van der Waals surface area contributed by atoms with E-state index >= 15 is 0 Å². The zero-order valence-electron chi connectivity index (χ0n) is 9.42. The predicted octanol–water partition coefficient (Wildman–Crippen LogP) is 0.158. The van der Waals surface area contributed by atoms with Crippen LogP contribution in [0.3, 0.4) is 0 Å². The Hall–Kier alpha value is -1.43. The summed E-state index contributed by atoms with van der Waals surface area (Å²) in [5.74, 6) is -2.01. The van der Waals surface area contributed by atoms with Gasteiger partial charge in [-0.15, -0.1) is 0 Å². The van der Waals surface area contributed by atoms with Crippen molar-refractivity contribution in [2.45, 2.75) is 44.2 Å². The van der Waals surface area contributed by atoms with Gasteiger partial charge in [-0.2, -0.15) is 0 Å². The van der Waals surface area contributed by atoms with Crippen LogP contribution >= 0.6 is 0 Å². The molecule has 94 valence electrons. The van der Waals surface area contributed by atoms with Crippen molar-refractivity contribution in [2.75, 3.05) is 6.61 Å². The number of carboxylic acids is 1. The Kier molecular flexibility index (Phi) is 3.42. The van der Waals surface area contributed by atoms with Crippen LogP contribution < -0.4 is 0 Å². The number of piperidine rings is 1. The normalized spacial score (nSPS) is 29.4. The van der Waals surface area contributed by atoms with E-state index in [9.17, 15) is 14.4 Å². The highest BCUT2D eigenvalue weighted by Crippen LogP contribution is 2.23. The maximum atomic E-state index is 12.0. The fourth-order valence-electron chi connectivity index (χ4n) is 2.31. The molecule has 1 N–H and O–H groups in total. The minimum atomic E-state index is -1.12. The Balaban J connectivity index is 2.15. The molecule has 2 fully saturated rings. The van der Waals surface area contributed by atoms with Gasteiger partial charge in [-0.25, -0.2) is 4.79 Å². The second-order valence-electron chi connectivity index (χ2n) is 4.35. The first kappa shape index (κ1) is 12.0. The van der Waals surface area contributed by atoms with E-state index in [1.54, 1.807) is 0 Å². The number of amides is 2. The molecule has 2 amide bonds. The smallest absolute Gasteiger partial charge is 0.326 e. The average Bonchev–Trinajstić information content (AvgIpc) is 2.81. The van der Waals surface area contributed by atoms with E-state index in [0.29, 0.717) is 25.9 Å². The maximum Gasteiger partial charge on any atom is 0.326 e. The highest BCUT2D eigenvalue weighted by Gasteiger charge is 2.41. The molecule has 2 aliphatic rings. The van der Waals surface area contributed by atoms with E-state index in [2.05, 4.69) is 0 Å². The van der Waals surface area contributed by atoms with Crippen LogP contribution in [0, 0.1) is 0 Å². The minimum Gasteiger partial charge on any atom is -0.480 e. The van der Waals surface area contributed by atoms with Crippen molar-refractivity contribution in [3.05, 3.63) is 0 Å². The van der Waals surface area contributed by atoms with Crippen LogP contribution in [0.25, 0.3) is 0 Å². The van der Waals surface area contributed by atoms with Crippen molar-refractivity contribution >= 4 is 17.8 Å². The summed E-state index contributed by atoms with van der Waals surface area (Å²) >= 11 is 0. The second kappa shape index (κ2) is 4.83. The Morgan fingerprint density at radius 3 is 2.65 bits per heavy atom. The SMILES string of the molecule is O=C(O)C1CCCC(=O)N1C(=O)C1CCCO1. The monoisotopic (exact) mass is 241 g/mol. The molecule has 2 aliphatic heterocycles. The van der Waals surface area contributed by atoms with Gasteiger partial charge < -0.3 is 9.84 Å². The molecule has 0 aliphatic carbocycles. The molecule has 6 heteroatoms. The van der Waals surface area contributed by atoms with Gasteiger partial charge in [-0.3, -0.25) is 14.5 Å². The average molecular weight is 241 g/mol. The molecule has 0 saturated carbocycles. The van der Waals surface area contributed by atoms with Crippen molar-refractivity contribution in [1.82, 2.24) is 4.90 Å².